The molecule has 1 atom stereocenters. The molecule has 0 amide bonds. The fraction of sp³-hybridized carbons (Fsp3) is 0.333. The van der Waals surface area contributed by atoms with Gasteiger partial charge in [-0.05, 0) is 60.4 Å². The zero-order valence-electron chi connectivity index (χ0n) is 18.0. The molecule has 0 radical (unpaired) electrons. The molecule has 8 heteroatoms. The third kappa shape index (κ3) is 4.34. The van der Waals surface area contributed by atoms with Crippen molar-refractivity contribution in [1.29, 1.82) is 5.26 Å². The lowest BCUT2D eigenvalue weighted by Gasteiger charge is -2.33. The Hall–Kier alpha value is -2.95. The van der Waals surface area contributed by atoms with Crippen LogP contribution in [0.4, 0.5) is 10.7 Å². The van der Waals surface area contributed by atoms with Crippen molar-refractivity contribution in [3.63, 3.8) is 0 Å². The van der Waals surface area contributed by atoms with Gasteiger partial charge in [0.1, 0.15) is 22.6 Å². The molecule has 2 heterocycles. The van der Waals surface area contributed by atoms with Crippen molar-refractivity contribution in [3.05, 3.63) is 67.2 Å². The molecule has 0 spiro atoms. The molecule has 32 heavy (non-hydrogen) atoms. The smallest absolute Gasteiger partial charge is 0.281 e. The monoisotopic (exact) mass is 467 g/mol. The SMILES string of the molecule is CC(C)(C)[C@@H]1CCc2c(sc(N=Cc3ccc(-c4ccc(Cl)cc4[N+](=O)[O-])o3)c2C#N)C1. The molecule has 4 rings (SSSR count). The first-order chi connectivity index (χ1) is 15.2. The molecule has 0 bridgehead atoms. The first-order valence-electron chi connectivity index (χ1n) is 10.3. The van der Waals surface area contributed by atoms with Crippen molar-refractivity contribution in [2.24, 2.45) is 16.3 Å². The van der Waals surface area contributed by atoms with Crippen LogP contribution in [0.25, 0.3) is 11.3 Å². The molecule has 0 aliphatic heterocycles. The van der Waals surface area contributed by atoms with E-state index >= 15 is 0 Å². The van der Waals surface area contributed by atoms with Crippen LogP contribution in [0, 0.1) is 32.8 Å². The lowest BCUT2D eigenvalue weighted by Crippen LogP contribution is -2.26. The molecule has 1 aromatic carbocycles. The Labute approximate surface area is 195 Å². The Morgan fingerprint density at radius 2 is 2.12 bits per heavy atom. The van der Waals surface area contributed by atoms with E-state index in [-0.39, 0.29) is 16.1 Å². The number of nitro groups is 1. The van der Waals surface area contributed by atoms with E-state index in [0.29, 0.717) is 33.6 Å². The van der Waals surface area contributed by atoms with Crippen LogP contribution in [0.5, 0.6) is 0 Å². The Bertz CT molecular complexity index is 1260. The first kappa shape index (κ1) is 22.3. The highest BCUT2D eigenvalue weighted by Gasteiger charge is 2.32. The van der Waals surface area contributed by atoms with Crippen LogP contribution in [-0.4, -0.2) is 11.1 Å². The minimum atomic E-state index is -0.488. The van der Waals surface area contributed by atoms with Gasteiger partial charge in [-0.1, -0.05) is 32.4 Å². The van der Waals surface area contributed by atoms with Crippen LogP contribution in [0.2, 0.25) is 5.02 Å². The number of hydrogen-bond acceptors (Lipinski definition) is 6. The number of rotatable bonds is 4. The Morgan fingerprint density at radius 3 is 2.81 bits per heavy atom. The summed E-state index contributed by atoms with van der Waals surface area (Å²) in [6, 6.07) is 10.1. The molecule has 0 saturated carbocycles. The first-order valence-corrected chi connectivity index (χ1v) is 11.5. The summed E-state index contributed by atoms with van der Waals surface area (Å²) in [6.45, 7) is 6.79. The Kier molecular flexibility index (Phi) is 5.93. The predicted octanol–water partition coefficient (Wildman–Crippen LogP) is 7.34. The average molecular weight is 468 g/mol. The fourth-order valence-electron chi connectivity index (χ4n) is 4.07. The molecule has 1 aliphatic rings. The average Bonchev–Trinajstić information content (AvgIpc) is 3.34. The largest absolute Gasteiger partial charge is 0.455 e. The van der Waals surface area contributed by atoms with E-state index in [2.05, 4.69) is 31.8 Å². The van der Waals surface area contributed by atoms with Gasteiger partial charge in [0.05, 0.1) is 22.3 Å². The zero-order valence-corrected chi connectivity index (χ0v) is 19.6. The van der Waals surface area contributed by atoms with Gasteiger partial charge in [-0.25, -0.2) is 4.99 Å². The van der Waals surface area contributed by atoms with Crippen LogP contribution in [0.3, 0.4) is 0 Å². The quantitative estimate of drug-likeness (QED) is 0.228. The van der Waals surface area contributed by atoms with Crippen molar-refractivity contribution < 1.29 is 9.34 Å². The summed E-state index contributed by atoms with van der Waals surface area (Å²) in [4.78, 5) is 16.7. The number of nitrogens with zero attached hydrogens (tertiary/aromatic N) is 3. The summed E-state index contributed by atoms with van der Waals surface area (Å²) in [5.74, 6) is 1.39. The molecule has 0 unspecified atom stereocenters. The number of nitro benzene ring substituents is 1. The molecule has 0 fully saturated rings. The molecule has 3 aromatic rings. The minimum absolute atomic E-state index is 0.124. The maximum absolute atomic E-state index is 11.4. The third-order valence-electron chi connectivity index (χ3n) is 5.94. The lowest BCUT2D eigenvalue weighted by molar-refractivity contribution is -0.384. The van der Waals surface area contributed by atoms with E-state index in [1.807, 2.05) is 0 Å². The minimum Gasteiger partial charge on any atom is -0.455 e. The van der Waals surface area contributed by atoms with Crippen LogP contribution >= 0.6 is 22.9 Å². The highest BCUT2D eigenvalue weighted by Crippen LogP contribution is 2.45. The summed E-state index contributed by atoms with van der Waals surface area (Å²) in [7, 11) is 0. The second kappa shape index (κ2) is 8.53. The van der Waals surface area contributed by atoms with Gasteiger partial charge in [-0.3, -0.25) is 10.1 Å². The maximum Gasteiger partial charge on any atom is 0.281 e. The molecule has 2 aromatic heterocycles. The molecule has 0 saturated heterocycles. The number of furan rings is 1. The highest BCUT2D eigenvalue weighted by atomic mass is 35.5. The molecule has 1 aliphatic carbocycles. The molecular formula is C24H22ClN3O3S. The van der Waals surface area contributed by atoms with Crippen molar-refractivity contribution >= 4 is 39.8 Å². The third-order valence-corrected chi connectivity index (χ3v) is 7.34. The van der Waals surface area contributed by atoms with Crippen molar-refractivity contribution in [2.45, 2.75) is 40.0 Å². The van der Waals surface area contributed by atoms with Gasteiger partial charge in [0.25, 0.3) is 5.69 Å². The second-order valence-corrected chi connectivity index (χ2v) is 10.5. The standard InChI is InChI=1S/C24H22ClN3O3S/c1-24(2,3)14-4-7-17-19(12-26)23(32-22(17)10-14)27-13-16-6-9-21(31-16)18-8-5-15(25)11-20(18)28(29)30/h5-6,8-9,11,13-14H,4,7,10H2,1-3H3/t14-/m1/s1. The van der Waals surface area contributed by atoms with Gasteiger partial charge < -0.3 is 4.42 Å². The summed E-state index contributed by atoms with van der Waals surface area (Å²) in [6.07, 6.45) is 4.51. The zero-order chi connectivity index (χ0) is 23.0. The highest BCUT2D eigenvalue weighted by molar-refractivity contribution is 7.16. The van der Waals surface area contributed by atoms with Gasteiger partial charge in [0.2, 0.25) is 0 Å². The van der Waals surface area contributed by atoms with Crippen LogP contribution < -0.4 is 0 Å². The number of aliphatic imine (C=N–C) groups is 1. The normalized spacial score (nSPS) is 16.2. The summed E-state index contributed by atoms with van der Waals surface area (Å²) < 4.78 is 5.78. The van der Waals surface area contributed by atoms with E-state index in [0.717, 1.165) is 24.8 Å². The van der Waals surface area contributed by atoms with Crippen molar-refractivity contribution in [3.8, 4) is 17.4 Å². The van der Waals surface area contributed by atoms with E-state index in [9.17, 15) is 15.4 Å². The Morgan fingerprint density at radius 1 is 1.34 bits per heavy atom. The summed E-state index contributed by atoms with van der Waals surface area (Å²) in [5.41, 5.74) is 2.22. The number of nitriles is 1. The molecule has 164 valence electrons. The van der Waals surface area contributed by atoms with Crippen LogP contribution in [-0.2, 0) is 12.8 Å². The summed E-state index contributed by atoms with van der Waals surface area (Å²) in [5, 5.41) is 22.1. The molecular weight excluding hydrogens is 446 g/mol. The van der Waals surface area contributed by atoms with E-state index in [1.54, 1.807) is 41.8 Å². The topological polar surface area (TPSA) is 92.4 Å². The lowest BCUT2D eigenvalue weighted by atomic mass is 9.72. The van der Waals surface area contributed by atoms with Gasteiger partial charge in [-0.15, -0.1) is 11.3 Å². The number of benzene rings is 1. The van der Waals surface area contributed by atoms with Gasteiger partial charge in [0.15, 0.2) is 0 Å². The van der Waals surface area contributed by atoms with Crippen molar-refractivity contribution in [1.82, 2.24) is 0 Å². The number of fused-ring (bicyclic) bond motifs is 1. The maximum atomic E-state index is 11.4. The van der Waals surface area contributed by atoms with Crippen LogP contribution in [0.1, 0.15) is 49.0 Å². The summed E-state index contributed by atoms with van der Waals surface area (Å²) >= 11 is 7.47. The van der Waals surface area contributed by atoms with E-state index < -0.39 is 4.92 Å². The number of thiophene rings is 1. The van der Waals surface area contributed by atoms with Gasteiger partial charge >= 0.3 is 0 Å². The van der Waals surface area contributed by atoms with Crippen LogP contribution in [0.15, 0.2) is 39.7 Å². The number of hydrogen-bond donors (Lipinski definition) is 0. The van der Waals surface area contributed by atoms with E-state index in [1.165, 1.54) is 10.9 Å². The van der Waals surface area contributed by atoms with Gasteiger partial charge in [0, 0.05) is 16.0 Å². The second-order valence-electron chi connectivity index (χ2n) is 8.98. The predicted molar refractivity (Wildman–Crippen MR) is 127 cm³/mol. The number of halogens is 1. The Balaban J connectivity index is 1.61. The fourth-order valence-corrected chi connectivity index (χ4v) is 5.46. The molecule has 6 nitrogen and oxygen atoms in total. The van der Waals surface area contributed by atoms with Gasteiger partial charge in [-0.2, -0.15) is 5.26 Å². The molecule has 0 N–H and O–H groups in total. The van der Waals surface area contributed by atoms with Crippen molar-refractivity contribution in [2.75, 3.05) is 0 Å². The van der Waals surface area contributed by atoms with E-state index in [4.69, 9.17) is 16.0 Å².